The third-order valence-electron chi connectivity index (χ3n) is 1.44. The van der Waals surface area contributed by atoms with E-state index in [1.165, 1.54) is 18.2 Å². The molecule has 0 fully saturated rings. The minimum absolute atomic E-state index is 0. The van der Waals surface area contributed by atoms with Crippen LogP contribution in [-0.2, 0) is 4.89 Å². The van der Waals surface area contributed by atoms with Crippen LogP contribution in [0, 0.1) is 0 Å². The molecule has 0 heterocycles. The highest BCUT2D eigenvalue weighted by Crippen LogP contribution is 2.07. The van der Waals surface area contributed by atoms with Gasteiger partial charge < -0.3 is 32.3 Å². The molecule has 0 unspecified atom stereocenters. The van der Waals surface area contributed by atoms with Crippen LogP contribution in [0.5, 0.6) is 0 Å². The van der Waals surface area contributed by atoms with Gasteiger partial charge in [-0.25, -0.2) is 4.79 Å². The molecule has 0 atom stereocenters. The van der Waals surface area contributed by atoms with Crippen LogP contribution >= 0.6 is 0 Å². The molecular formula is C8H12N2O5. The van der Waals surface area contributed by atoms with Crippen molar-refractivity contribution in [2.75, 3.05) is 0 Å². The van der Waals surface area contributed by atoms with Crippen molar-refractivity contribution in [3.8, 4) is 0 Å². The summed E-state index contributed by atoms with van der Waals surface area (Å²) in [6.07, 6.45) is 0. The summed E-state index contributed by atoms with van der Waals surface area (Å²) in [6, 6.07) is 5.15. The average molecular weight is 216 g/mol. The van der Waals surface area contributed by atoms with Gasteiger partial charge in [-0.3, -0.25) is 0 Å². The van der Waals surface area contributed by atoms with E-state index >= 15 is 0 Å². The van der Waals surface area contributed by atoms with Gasteiger partial charge in [-0.2, -0.15) is 0 Å². The van der Waals surface area contributed by atoms with Crippen molar-refractivity contribution < 1.29 is 24.8 Å². The van der Waals surface area contributed by atoms with Gasteiger partial charge in [0.1, 0.15) is 0 Å². The minimum Gasteiger partial charge on any atom is -0.661 e. The molecule has 0 amide bonds. The van der Waals surface area contributed by atoms with E-state index < -0.39 is 11.9 Å². The molecule has 0 saturated heterocycles. The molecule has 0 aliphatic carbocycles. The minimum atomic E-state index is -1.53. The molecule has 0 saturated carbocycles. The Bertz CT molecular complexity index is 353. The molecule has 84 valence electrons. The Morgan fingerprint density at radius 2 is 1.53 bits per heavy atom. The number of carbonyl (C=O) groups excluding carboxylic acids is 2. The molecule has 1 rings (SSSR count). The molecule has 0 aliphatic heterocycles. The molecule has 0 aromatic heterocycles. The van der Waals surface area contributed by atoms with Crippen LogP contribution in [0.3, 0.4) is 0 Å². The van der Waals surface area contributed by atoms with Crippen LogP contribution in [0.4, 0.5) is 0 Å². The van der Waals surface area contributed by atoms with Crippen molar-refractivity contribution in [2.24, 2.45) is 0 Å². The number of carboxylic acid groups (broad SMARTS) is 1. The molecule has 0 spiro atoms. The second-order valence-electron chi connectivity index (χ2n) is 2.20. The summed E-state index contributed by atoms with van der Waals surface area (Å²) in [5.41, 5.74) is -0.666. The number of aromatic carboxylic acids is 1. The third-order valence-corrected chi connectivity index (χ3v) is 1.44. The number of carbonyl (C=O) groups is 2. The number of hydrogen-bond donors (Lipinski definition) is 2. The Labute approximate surface area is 85.4 Å². The quantitative estimate of drug-likeness (QED) is 0.489. The molecule has 15 heavy (non-hydrogen) atoms. The van der Waals surface area contributed by atoms with E-state index in [1.807, 2.05) is 0 Å². The number of rotatable bonds is 2. The Balaban J connectivity index is 0. The lowest BCUT2D eigenvalue weighted by Crippen LogP contribution is -2.26. The summed E-state index contributed by atoms with van der Waals surface area (Å²) in [4.78, 5) is 24.3. The fourth-order valence-corrected chi connectivity index (χ4v) is 0.884. The van der Waals surface area contributed by atoms with E-state index in [-0.39, 0.29) is 23.4 Å². The fourth-order valence-electron chi connectivity index (χ4n) is 0.884. The zero-order valence-corrected chi connectivity index (χ0v) is 8.35. The van der Waals surface area contributed by atoms with Crippen LogP contribution in [0.15, 0.2) is 24.3 Å². The SMILES string of the molecule is O=C([O-])c1ccccc1C(=O)O[O-].[NH4+].[NH4+]. The summed E-state index contributed by atoms with van der Waals surface area (Å²) in [5.74, 6) is -2.76. The number of carboxylic acids is 1. The maximum Gasteiger partial charge on any atom is 0.333 e. The first-order valence-corrected chi connectivity index (χ1v) is 3.31. The summed E-state index contributed by atoms with van der Waals surface area (Å²) in [6.45, 7) is 0. The van der Waals surface area contributed by atoms with Gasteiger partial charge in [0.05, 0.1) is 11.5 Å². The lowest BCUT2D eigenvalue weighted by molar-refractivity contribution is -0.653. The van der Waals surface area contributed by atoms with Crippen molar-refractivity contribution in [3.05, 3.63) is 35.4 Å². The first kappa shape index (κ1) is 15.5. The van der Waals surface area contributed by atoms with Crippen molar-refractivity contribution in [3.63, 3.8) is 0 Å². The normalized spacial score (nSPS) is 8.07. The topological polar surface area (TPSA) is 162 Å². The van der Waals surface area contributed by atoms with Gasteiger partial charge in [-0.1, -0.05) is 18.2 Å². The fraction of sp³-hybridized carbons (Fsp3) is 0. The lowest BCUT2D eigenvalue weighted by Gasteiger charge is -2.10. The third kappa shape index (κ3) is 3.35. The zero-order chi connectivity index (χ0) is 9.84. The van der Waals surface area contributed by atoms with Gasteiger partial charge in [-0.15, -0.1) is 0 Å². The smallest absolute Gasteiger partial charge is 0.333 e. The molecule has 1 aromatic carbocycles. The molecular weight excluding hydrogens is 204 g/mol. The largest absolute Gasteiger partial charge is 0.661 e. The van der Waals surface area contributed by atoms with Gasteiger partial charge in [0, 0.05) is 5.56 Å². The molecule has 0 bridgehead atoms. The summed E-state index contributed by atoms with van der Waals surface area (Å²) >= 11 is 0. The molecule has 7 nitrogen and oxygen atoms in total. The van der Waals surface area contributed by atoms with Crippen LogP contribution in [0.25, 0.3) is 0 Å². The van der Waals surface area contributed by atoms with Crippen molar-refractivity contribution in [1.82, 2.24) is 12.3 Å². The maximum atomic E-state index is 10.7. The summed E-state index contributed by atoms with van der Waals surface area (Å²) < 4.78 is 0. The van der Waals surface area contributed by atoms with Crippen molar-refractivity contribution in [1.29, 1.82) is 0 Å². The predicted molar refractivity (Wildman–Crippen MR) is 48.2 cm³/mol. The summed E-state index contributed by atoms with van der Waals surface area (Å²) in [7, 11) is 0. The highest BCUT2D eigenvalue weighted by Gasteiger charge is 2.09. The highest BCUT2D eigenvalue weighted by atomic mass is 17.1. The first-order chi connectivity index (χ1) is 6.16. The van der Waals surface area contributed by atoms with E-state index in [1.54, 1.807) is 0 Å². The molecule has 7 heteroatoms. The number of quaternary nitrogens is 2. The molecule has 1 aromatic rings. The Morgan fingerprint density at radius 1 is 1.07 bits per heavy atom. The van der Waals surface area contributed by atoms with E-state index in [4.69, 9.17) is 0 Å². The van der Waals surface area contributed by atoms with Gasteiger partial charge in [0.2, 0.25) is 0 Å². The second kappa shape index (κ2) is 6.49. The Morgan fingerprint density at radius 3 is 1.93 bits per heavy atom. The molecule has 0 aliphatic rings. The standard InChI is InChI=1S/C8H6O5.2H3N/c9-7(10)5-3-1-2-4-6(5)8(11)13-12;;/h1-4,12H,(H,9,10);2*1H3. The van der Waals surface area contributed by atoms with E-state index in [2.05, 4.69) is 4.89 Å². The van der Waals surface area contributed by atoms with Crippen LogP contribution < -0.4 is 22.7 Å². The molecule has 8 N–H and O–H groups in total. The summed E-state index contributed by atoms with van der Waals surface area (Å²) in [5, 5.41) is 20.2. The number of hydrogen-bond acceptors (Lipinski definition) is 5. The van der Waals surface area contributed by atoms with E-state index in [0.29, 0.717) is 0 Å². The monoisotopic (exact) mass is 216 g/mol. The van der Waals surface area contributed by atoms with Gasteiger partial charge in [-0.05, 0) is 6.07 Å². The van der Waals surface area contributed by atoms with Crippen LogP contribution in [-0.4, -0.2) is 11.9 Å². The second-order valence-corrected chi connectivity index (χ2v) is 2.20. The zero-order valence-electron chi connectivity index (χ0n) is 8.35. The maximum absolute atomic E-state index is 10.7. The predicted octanol–water partition coefficient (Wildman–Crippen LogP) is -0.765. The molecule has 0 radical (unpaired) electrons. The number of benzene rings is 1. The van der Waals surface area contributed by atoms with E-state index in [9.17, 15) is 20.0 Å². The lowest BCUT2D eigenvalue weighted by atomic mass is 10.1. The average Bonchev–Trinajstić information content (AvgIpc) is 2.16. The van der Waals surface area contributed by atoms with Crippen molar-refractivity contribution in [2.45, 2.75) is 0 Å². The van der Waals surface area contributed by atoms with Crippen LogP contribution in [0.2, 0.25) is 0 Å². The van der Waals surface area contributed by atoms with Crippen LogP contribution in [0.1, 0.15) is 20.7 Å². The Kier molecular flexibility index (Phi) is 6.71. The van der Waals surface area contributed by atoms with Gasteiger partial charge >= 0.3 is 5.97 Å². The van der Waals surface area contributed by atoms with Gasteiger partial charge in [0.25, 0.3) is 0 Å². The van der Waals surface area contributed by atoms with E-state index in [0.717, 1.165) is 6.07 Å². The van der Waals surface area contributed by atoms with Crippen molar-refractivity contribution >= 4 is 11.9 Å². The Hall–Kier alpha value is -1.96. The first-order valence-electron chi connectivity index (χ1n) is 3.31. The highest BCUT2D eigenvalue weighted by molar-refractivity contribution is 6.01. The van der Waals surface area contributed by atoms with Gasteiger partial charge in [0.15, 0.2) is 0 Å².